The second-order valence-electron chi connectivity index (χ2n) is 13.2. The molecule has 0 saturated heterocycles. The number of carbonyl (C=O) groups excluding carboxylic acids is 4. The Hall–Kier alpha value is -3.72. The third kappa shape index (κ3) is 29.4. The van der Waals surface area contributed by atoms with Gasteiger partial charge in [-0.05, 0) is 49.9 Å². The van der Waals surface area contributed by atoms with Crippen LogP contribution in [-0.2, 0) is 33.3 Å². The summed E-state index contributed by atoms with van der Waals surface area (Å²) in [6.07, 6.45) is 21.9. The molecule has 0 aliphatic heterocycles. The first kappa shape index (κ1) is 47.3. The van der Waals surface area contributed by atoms with Gasteiger partial charge in [0, 0.05) is 12.8 Å². The average molecular weight is 741 g/mol. The summed E-state index contributed by atoms with van der Waals surface area (Å²) in [5.74, 6) is -0.859. The number of benzene rings is 2. The molecule has 9 heteroatoms. The van der Waals surface area contributed by atoms with E-state index in [0.29, 0.717) is 37.2 Å². The van der Waals surface area contributed by atoms with E-state index in [-0.39, 0.29) is 50.3 Å². The normalized spacial score (nSPS) is 10.5. The first-order chi connectivity index (χ1) is 26.0. The number of ether oxygens (including phenoxy) is 5. The predicted molar refractivity (Wildman–Crippen MR) is 210 cm³/mol. The molecule has 0 aliphatic rings. The molecule has 9 nitrogen and oxygen atoms in total. The molecule has 0 heterocycles. The first-order valence-electron chi connectivity index (χ1n) is 20.3. The van der Waals surface area contributed by atoms with Crippen molar-refractivity contribution in [3.63, 3.8) is 0 Å². The van der Waals surface area contributed by atoms with Gasteiger partial charge in [-0.3, -0.25) is 9.59 Å². The highest BCUT2D eigenvalue weighted by molar-refractivity contribution is 5.89. The fourth-order valence-electron chi connectivity index (χ4n) is 5.33. The SMILES string of the molecule is CCCCCCCCOC(=O)CCCCCCCCC(=O)OCCCCCCCC.O=C(OCCOCCOC(=O)c1ccccc1)c1ccccc1. The van der Waals surface area contributed by atoms with Crippen molar-refractivity contribution in [3.8, 4) is 0 Å². The van der Waals surface area contributed by atoms with Gasteiger partial charge in [0.2, 0.25) is 0 Å². The van der Waals surface area contributed by atoms with Crippen molar-refractivity contribution >= 4 is 23.9 Å². The van der Waals surface area contributed by atoms with Crippen LogP contribution in [0.2, 0.25) is 0 Å². The van der Waals surface area contributed by atoms with E-state index in [9.17, 15) is 19.2 Å². The molecular weight excluding hydrogens is 672 g/mol. The smallest absolute Gasteiger partial charge is 0.338 e. The third-order valence-corrected chi connectivity index (χ3v) is 8.47. The Balaban J connectivity index is 0.000000546. The van der Waals surface area contributed by atoms with Crippen LogP contribution in [0.5, 0.6) is 0 Å². The molecule has 2 rings (SSSR count). The minimum atomic E-state index is -0.385. The Morgan fingerprint density at radius 1 is 0.377 bits per heavy atom. The predicted octanol–water partition coefficient (Wildman–Crippen LogP) is 10.6. The number of esters is 4. The molecule has 0 N–H and O–H groups in total. The summed E-state index contributed by atoms with van der Waals surface area (Å²) in [7, 11) is 0. The van der Waals surface area contributed by atoms with E-state index in [4.69, 9.17) is 23.7 Å². The Morgan fingerprint density at radius 2 is 0.717 bits per heavy atom. The van der Waals surface area contributed by atoms with Crippen molar-refractivity contribution in [2.45, 2.75) is 142 Å². The van der Waals surface area contributed by atoms with Gasteiger partial charge < -0.3 is 23.7 Å². The Kier molecular flexibility index (Phi) is 31.5. The topological polar surface area (TPSA) is 114 Å². The average Bonchev–Trinajstić information content (AvgIpc) is 3.18. The lowest BCUT2D eigenvalue weighted by Gasteiger charge is -2.07. The van der Waals surface area contributed by atoms with Gasteiger partial charge >= 0.3 is 23.9 Å². The largest absolute Gasteiger partial charge is 0.466 e. The molecule has 0 fully saturated rings. The number of hydrogen-bond donors (Lipinski definition) is 0. The molecule has 2 aromatic carbocycles. The molecule has 0 spiro atoms. The summed E-state index contributed by atoms with van der Waals surface area (Å²) in [5.41, 5.74) is 1.01. The maximum Gasteiger partial charge on any atom is 0.338 e. The highest BCUT2D eigenvalue weighted by Gasteiger charge is 2.08. The van der Waals surface area contributed by atoms with Crippen LogP contribution in [0.25, 0.3) is 0 Å². The van der Waals surface area contributed by atoms with Crippen molar-refractivity contribution in [2.75, 3.05) is 39.6 Å². The summed E-state index contributed by atoms with van der Waals surface area (Å²) in [5, 5.41) is 0. The van der Waals surface area contributed by atoms with Crippen molar-refractivity contribution in [2.24, 2.45) is 0 Å². The number of rotatable bonds is 31. The summed E-state index contributed by atoms with van der Waals surface area (Å²) < 4.78 is 25.9. The first-order valence-corrected chi connectivity index (χ1v) is 20.3. The third-order valence-electron chi connectivity index (χ3n) is 8.47. The minimum Gasteiger partial charge on any atom is -0.466 e. The molecule has 2 aromatic rings. The lowest BCUT2D eigenvalue weighted by Crippen LogP contribution is -2.14. The minimum absolute atomic E-state index is 0.0448. The van der Waals surface area contributed by atoms with E-state index < -0.39 is 0 Å². The lowest BCUT2D eigenvalue weighted by atomic mass is 10.1. The molecular formula is C44H68O9. The van der Waals surface area contributed by atoms with E-state index in [2.05, 4.69) is 13.8 Å². The molecule has 0 unspecified atom stereocenters. The zero-order valence-corrected chi connectivity index (χ0v) is 32.8. The summed E-state index contributed by atoms with van der Waals surface area (Å²) in [4.78, 5) is 46.6. The monoisotopic (exact) mass is 740 g/mol. The second-order valence-corrected chi connectivity index (χ2v) is 13.2. The molecule has 298 valence electrons. The van der Waals surface area contributed by atoms with Gasteiger partial charge in [-0.2, -0.15) is 0 Å². The number of unbranched alkanes of at least 4 members (excludes halogenated alkanes) is 15. The van der Waals surface area contributed by atoms with Gasteiger partial charge in [0.25, 0.3) is 0 Å². The quantitative estimate of drug-likeness (QED) is 0.0423. The van der Waals surface area contributed by atoms with Gasteiger partial charge in [-0.25, -0.2) is 9.59 Å². The molecule has 0 aliphatic carbocycles. The van der Waals surface area contributed by atoms with E-state index in [0.717, 1.165) is 51.4 Å². The maximum atomic E-state index is 11.7. The number of hydrogen-bond acceptors (Lipinski definition) is 9. The molecule has 0 aromatic heterocycles. The van der Waals surface area contributed by atoms with Gasteiger partial charge in [0.1, 0.15) is 13.2 Å². The van der Waals surface area contributed by atoms with Crippen LogP contribution in [0.1, 0.15) is 163 Å². The van der Waals surface area contributed by atoms with Gasteiger partial charge in [0.15, 0.2) is 0 Å². The lowest BCUT2D eigenvalue weighted by molar-refractivity contribution is -0.144. The van der Waals surface area contributed by atoms with Crippen molar-refractivity contribution in [3.05, 3.63) is 71.8 Å². The standard InChI is InChI=1S/C26H50O4.C18H18O5/c1-3-5-7-9-15-19-23-29-25(27)21-17-13-11-12-14-18-22-26(28)30-24-20-16-10-8-6-4-2;19-17(15-7-3-1-4-8-15)22-13-11-21-12-14-23-18(20)16-9-5-2-6-10-16/h3-24H2,1-2H3;1-10H,11-14H2. The summed E-state index contributed by atoms with van der Waals surface area (Å²) in [6, 6.07) is 17.5. The van der Waals surface area contributed by atoms with Crippen LogP contribution >= 0.6 is 0 Å². The van der Waals surface area contributed by atoms with Crippen LogP contribution in [0, 0.1) is 0 Å². The van der Waals surface area contributed by atoms with Crippen molar-refractivity contribution in [1.82, 2.24) is 0 Å². The van der Waals surface area contributed by atoms with Crippen molar-refractivity contribution in [1.29, 1.82) is 0 Å². The van der Waals surface area contributed by atoms with Crippen LogP contribution in [0.3, 0.4) is 0 Å². The van der Waals surface area contributed by atoms with Crippen LogP contribution < -0.4 is 0 Å². The van der Waals surface area contributed by atoms with Gasteiger partial charge in [-0.1, -0.05) is 140 Å². The van der Waals surface area contributed by atoms with Crippen molar-refractivity contribution < 1.29 is 42.9 Å². The zero-order chi connectivity index (χ0) is 38.5. The summed E-state index contributed by atoms with van der Waals surface area (Å²) in [6.45, 7) is 6.41. The molecule has 53 heavy (non-hydrogen) atoms. The Labute approximate surface area is 319 Å². The molecule has 0 radical (unpaired) electrons. The van der Waals surface area contributed by atoms with Crippen LogP contribution in [-0.4, -0.2) is 63.5 Å². The number of carbonyl (C=O) groups is 4. The Morgan fingerprint density at radius 3 is 1.09 bits per heavy atom. The fraction of sp³-hybridized carbons (Fsp3) is 0.636. The highest BCUT2D eigenvalue weighted by Crippen LogP contribution is 2.11. The van der Waals surface area contributed by atoms with Gasteiger partial charge in [-0.15, -0.1) is 0 Å². The highest BCUT2D eigenvalue weighted by atomic mass is 16.6. The molecule has 0 saturated carbocycles. The second kappa shape index (κ2) is 35.3. The van der Waals surface area contributed by atoms with E-state index in [1.165, 1.54) is 64.2 Å². The molecule has 0 atom stereocenters. The Bertz CT molecular complexity index is 1080. The van der Waals surface area contributed by atoms with E-state index in [1.807, 2.05) is 12.1 Å². The molecule has 0 bridgehead atoms. The summed E-state index contributed by atoms with van der Waals surface area (Å²) >= 11 is 0. The van der Waals surface area contributed by atoms with Crippen LogP contribution in [0.15, 0.2) is 60.7 Å². The fourth-order valence-corrected chi connectivity index (χ4v) is 5.33. The van der Waals surface area contributed by atoms with E-state index >= 15 is 0 Å². The molecule has 0 amide bonds. The zero-order valence-electron chi connectivity index (χ0n) is 32.8. The van der Waals surface area contributed by atoms with E-state index in [1.54, 1.807) is 48.5 Å². The van der Waals surface area contributed by atoms with Crippen LogP contribution in [0.4, 0.5) is 0 Å². The maximum absolute atomic E-state index is 11.7. The van der Waals surface area contributed by atoms with Gasteiger partial charge in [0.05, 0.1) is 37.6 Å².